The van der Waals surface area contributed by atoms with Gasteiger partial charge in [0.2, 0.25) is 0 Å². The number of rotatable bonds is 1. The highest BCUT2D eigenvalue weighted by atomic mass is 35.5. The fraction of sp³-hybridized carbons (Fsp3) is 0.0625. The van der Waals surface area contributed by atoms with E-state index in [0.717, 1.165) is 22.8 Å². The molecule has 92 valence electrons. The van der Waals surface area contributed by atoms with Crippen LogP contribution >= 0.6 is 11.6 Å². The fourth-order valence-electron chi connectivity index (χ4n) is 2.65. The van der Waals surface area contributed by atoms with Crippen LogP contribution in [0.2, 0.25) is 5.02 Å². The van der Waals surface area contributed by atoms with Gasteiger partial charge in [0, 0.05) is 16.1 Å². The SMILES string of the molecule is Clc1ccc(-c2c[n+]3c([nH]2)-c2ccccc2C3)cc1. The molecule has 1 aromatic heterocycles. The molecule has 3 aromatic rings. The van der Waals surface area contributed by atoms with Gasteiger partial charge in [-0.15, -0.1) is 0 Å². The molecule has 4 rings (SSSR count). The van der Waals surface area contributed by atoms with Crippen LogP contribution in [0.25, 0.3) is 22.6 Å². The van der Waals surface area contributed by atoms with Gasteiger partial charge in [0.25, 0.3) is 5.82 Å². The zero-order chi connectivity index (χ0) is 12.8. The predicted molar refractivity (Wildman–Crippen MR) is 76.0 cm³/mol. The quantitative estimate of drug-likeness (QED) is 0.508. The maximum atomic E-state index is 5.93. The Hall–Kier alpha value is -2.06. The minimum Gasteiger partial charge on any atom is -0.236 e. The molecule has 2 heterocycles. The number of halogens is 1. The number of aromatic nitrogens is 2. The lowest BCUT2D eigenvalue weighted by molar-refractivity contribution is -0.670. The lowest BCUT2D eigenvalue weighted by Crippen LogP contribution is -2.29. The van der Waals surface area contributed by atoms with E-state index in [1.807, 2.05) is 24.3 Å². The van der Waals surface area contributed by atoms with Crippen LogP contribution in [-0.4, -0.2) is 4.98 Å². The molecular weight excluding hydrogens is 256 g/mol. The van der Waals surface area contributed by atoms with E-state index in [0.29, 0.717) is 0 Å². The number of aromatic amines is 1. The van der Waals surface area contributed by atoms with E-state index in [9.17, 15) is 0 Å². The van der Waals surface area contributed by atoms with E-state index in [4.69, 9.17) is 11.6 Å². The average molecular weight is 268 g/mol. The van der Waals surface area contributed by atoms with Crippen molar-refractivity contribution in [2.24, 2.45) is 0 Å². The molecule has 2 nitrogen and oxygen atoms in total. The molecule has 1 N–H and O–H groups in total. The van der Waals surface area contributed by atoms with Crippen LogP contribution < -0.4 is 4.57 Å². The third-order valence-electron chi connectivity index (χ3n) is 3.59. The smallest absolute Gasteiger partial charge is 0.236 e. The number of benzene rings is 2. The standard InChI is InChI=1S/C16H11ClN2/c17-13-7-5-11(6-8-13)15-10-19-9-12-3-1-2-4-14(12)16(19)18-15/h1-8,10H,9H2/p+1. The summed E-state index contributed by atoms with van der Waals surface area (Å²) in [5.41, 5.74) is 4.95. The number of H-pyrrole nitrogens is 1. The van der Waals surface area contributed by atoms with E-state index < -0.39 is 0 Å². The number of hydrogen-bond donors (Lipinski definition) is 1. The summed E-state index contributed by atoms with van der Waals surface area (Å²) in [5, 5.41) is 0.765. The van der Waals surface area contributed by atoms with Crippen molar-refractivity contribution in [3.05, 3.63) is 65.3 Å². The van der Waals surface area contributed by atoms with Crippen molar-refractivity contribution in [2.45, 2.75) is 6.54 Å². The Morgan fingerprint density at radius 3 is 2.63 bits per heavy atom. The summed E-state index contributed by atoms with van der Waals surface area (Å²) < 4.78 is 2.26. The van der Waals surface area contributed by atoms with Gasteiger partial charge in [0.05, 0.1) is 5.56 Å². The van der Waals surface area contributed by atoms with Gasteiger partial charge in [-0.2, -0.15) is 0 Å². The molecule has 0 saturated heterocycles. The van der Waals surface area contributed by atoms with Crippen LogP contribution in [0.1, 0.15) is 5.56 Å². The van der Waals surface area contributed by atoms with Gasteiger partial charge >= 0.3 is 0 Å². The minimum atomic E-state index is 0.765. The van der Waals surface area contributed by atoms with Gasteiger partial charge in [0.1, 0.15) is 12.7 Å². The first-order chi connectivity index (χ1) is 9.31. The molecule has 19 heavy (non-hydrogen) atoms. The predicted octanol–water partition coefficient (Wildman–Crippen LogP) is 3.65. The van der Waals surface area contributed by atoms with E-state index in [-0.39, 0.29) is 0 Å². The van der Waals surface area contributed by atoms with Crippen LogP contribution in [0, 0.1) is 0 Å². The Morgan fingerprint density at radius 2 is 1.79 bits per heavy atom. The average Bonchev–Trinajstić information content (AvgIpc) is 2.97. The van der Waals surface area contributed by atoms with Crippen LogP contribution in [0.5, 0.6) is 0 Å². The summed E-state index contributed by atoms with van der Waals surface area (Å²) in [6.07, 6.45) is 2.17. The molecule has 1 aliphatic heterocycles. The monoisotopic (exact) mass is 267 g/mol. The van der Waals surface area contributed by atoms with Gasteiger partial charge in [-0.25, -0.2) is 9.55 Å². The Bertz CT molecular complexity index is 757. The molecule has 0 unspecified atom stereocenters. The topological polar surface area (TPSA) is 19.7 Å². The number of nitrogens with one attached hydrogen (secondary N) is 1. The lowest BCUT2D eigenvalue weighted by atomic mass is 10.1. The Balaban J connectivity index is 1.82. The lowest BCUT2D eigenvalue weighted by Gasteiger charge is -1.95. The van der Waals surface area contributed by atoms with Gasteiger partial charge in [-0.1, -0.05) is 29.8 Å². The van der Waals surface area contributed by atoms with E-state index in [1.165, 1.54) is 17.0 Å². The van der Waals surface area contributed by atoms with E-state index in [2.05, 4.69) is 40.0 Å². The van der Waals surface area contributed by atoms with Crippen LogP contribution in [0.3, 0.4) is 0 Å². The highest BCUT2D eigenvalue weighted by Gasteiger charge is 2.27. The molecule has 0 fully saturated rings. The third-order valence-corrected chi connectivity index (χ3v) is 3.85. The second-order valence-electron chi connectivity index (χ2n) is 4.81. The Labute approximate surface area is 116 Å². The normalized spacial score (nSPS) is 12.3. The summed E-state index contributed by atoms with van der Waals surface area (Å²) in [6, 6.07) is 16.4. The molecule has 0 aliphatic carbocycles. The molecule has 3 heteroatoms. The molecule has 0 bridgehead atoms. The molecule has 0 saturated carbocycles. The number of nitrogens with zero attached hydrogens (tertiary/aromatic N) is 1. The molecule has 2 aromatic carbocycles. The highest BCUT2D eigenvalue weighted by Crippen LogP contribution is 2.28. The van der Waals surface area contributed by atoms with Gasteiger partial charge < -0.3 is 0 Å². The van der Waals surface area contributed by atoms with Gasteiger partial charge in [-0.3, -0.25) is 0 Å². The molecular formula is C16H12ClN2+. The highest BCUT2D eigenvalue weighted by molar-refractivity contribution is 6.30. The summed E-state index contributed by atoms with van der Waals surface area (Å²) in [4.78, 5) is 3.51. The van der Waals surface area contributed by atoms with Gasteiger partial charge in [0.15, 0.2) is 5.69 Å². The van der Waals surface area contributed by atoms with Crippen LogP contribution in [0.4, 0.5) is 0 Å². The second kappa shape index (κ2) is 3.97. The maximum absolute atomic E-state index is 5.93. The zero-order valence-corrected chi connectivity index (χ0v) is 11.0. The number of hydrogen-bond acceptors (Lipinski definition) is 0. The van der Waals surface area contributed by atoms with Crippen molar-refractivity contribution < 1.29 is 4.57 Å². The van der Waals surface area contributed by atoms with Crippen molar-refractivity contribution in [3.63, 3.8) is 0 Å². The largest absolute Gasteiger partial charge is 0.287 e. The van der Waals surface area contributed by atoms with E-state index in [1.54, 1.807) is 0 Å². The second-order valence-corrected chi connectivity index (χ2v) is 5.24. The van der Waals surface area contributed by atoms with E-state index >= 15 is 0 Å². The van der Waals surface area contributed by atoms with Crippen LogP contribution in [-0.2, 0) is 6.54 Å². The molecule has 0 radical (unpaired) electrons. The zero-order valence-electron chi connectivity index (χ0n) is 10.2. The first-order valence-corrected chi connectivity index (χ1v) is 6.66. The van der Waals surface area contributed by atoms with Crippen LogP contribution in [0.15, 0.2) is 54.7 Å². The van der Waals surface area contributed by atoms with Crippen molar-refractivity contribution in [3.8, 4) is 22.6 Å². The summed E-state index contributed by atoms with van der Waals surface area (Å²) in [5.74, 6) is 1.18. The number of fused-ring (bicyclic) bond motifs is 3. The first-order valence-electron chi connectivity index (χ1n) is 6.28. The maximum Gasteiger partial charge on any atom is 0.287 e. The summed E-state index contributed by atoms with van der Waals surface area (Å²) >= 11 is 5.93. The van der Waals surface area contributed by atoms with Gasteiger partial charge in [-0.05, 0) is 30.3 Å². The Kier molecular flexibility index (Phi) is 2.26. The minimum absolute atomic E-state index is 0.765. The third kappa shape index (κ3) is 1.68. The molecule has 0 amide bonds. The fourth-order valence-corrected chi connectivity index (χ4v) is 2.77. The molecule has 0 spiro atoms. The molecule has 1 aliphatic rings. The van der Waals surface area contributed by atoms with Crippen molar-refractivity contribution >= 4 is 11.6 Å². The first kappa shape index (κ1) is 10.8. The van der Waals surface area contributed by atoms with Crippen molar-refractivity contribution in [1.29, 1.82) is 0 Å². The Morgan fingerprint density at radius 1 is 1.00 bits per heavy atom. The van der Waals surface area contributed by atoms with Crippen molar-refractivity contribution in [1.82, 2.24) is 4.98 Å². The number of imidazole rings is 1. The summed E-state index contributed by atoms with van der Waals surface area (Å²) in [7, 11) is 0. The van der Waals surface area contributed by atoms with Crippen molar-refractivity contribution in [2.75, 3.05) is 0 Å². The summed E-state index contributed by atoms with van der Waals surface area (Å²) in [6.45, 7) is 0.940. The molecule has 0 atom stereocenters.